The molecule has 1 heterocycles. The lowest BCUT2D eigenvalue weighted by Crippen LogP contribution is -2.59. The van der Waals surface area contributed by atoms with E-state index in [4.69, 9.17) is 19.3 Å². The lowest BCUT2D eigenvalue weighted by atomic mass is 9.53. The number of unbranched alkanes of at least 4 members (excludes halogenated alkanes) is 14. The molecule has 46 heavy (non-hydrogen) atoms. The molecule has 0 radical (unpaired) electrons. The van der Waals surface area contributed by atoms with E-state index in [1.807, 2.05) is 6.07 Å². The van der Waals surface area contributed by atoms with E-state index in [-0.39, 0.29) is 12.9 Å². The Morgan fingerprint density at radius 1 is 0.891 bits per heavy atom. The van der Waals surface area contributed by atoms with Gasteiger partial charge in [0, 0.05) is 17.9 Å². The minimum Gasteiger partial charge on any atom is -0.481 e. The Morgan fingerprint density at radius 3 is 2.13 bits per heavy atom. The number of ether oxygens (including phenoxy) is 3. The summed E-state index contributed by atoms with van der Waals surface area (Å²) in [6.45, 7) is 6.84. The third-order valence-electron chi connectivity index (χ3n) is 10.3. The molecule has 0 aromatic heterocycles. The zero-order valence-electron chi connectivity index (χ0n) is 29.4. The van der Waals surface area contributed by atoms with Crippen LogP contribution >= 0.6 is 0 Å². The zero-order chi connectivity index (χ0) is 33.0. The first-order valence-electron chi connectivity index (χ1n) is 18.9. The maximum absolute atomic E-state index is 11.5. The van der Waals surface area contributed by atoms with E-state index in [2.05, 4.69) is 24.4 Å². The van der Waals surface area contributed by atoms with E-state index in [1.54, 1.807) is 13.8 Å². The average molecular weight is 644 g/mol. The fraction of sp³-hybridized carbons (Fsp3) is 0.795. The molecular weight excluding hydrogens is 578 g/mol. The van der Waals surface area contributed by atoms with Gasteiger partial charge in [-0.05, 0) is 81.7 Å². The second kappa shape index (κ2) is 21.6. The molecule has 0 unspecified atom stereocenters. The van der Waals surface area contributed by atoms with Crippen molar-refractivity contribution in [3.63, 3.8) is 0 Å². The van der Waals surface area contributed by atoms with Gasteiger partial charge in [-0.2, -0.15) is 0 Å². The Morgan fingerprint density at radius 2 is 1.52 bits per heavy atom. The van der Waals surface area contributed by atoms with Crippen LogP contribution in [0.15, 0.2) is 18.2 Å². The molecule has 2 bridgehead atoms. The van der Waals surface area contributed by atoms with Crippen molar-refractivity contribution in [2.75, 3.05) is 13.3 Å². The van der Waals surface area contributed by atoms with Crippen LogP contribution in [0.3, 0.4) is 0 Å². The summed E-state index contributed by atoms with van der Waals surface area (Å²) in [6, 6.07) is 7.01. The second-order valence-electron chi connectivity index (χ2n) is 14.3. The van der Waals surface area contributed by atoms with Crippen molar-refractivity contribution in [3.05, 3.63) is 29.3 Å². The third-order valence-corrected chi connectivity index (χ3v) is 10.3. The molecule has 3 aliphatic rings. The van der Waals surface area contributed by atoms with Crippen molar-refractivity contribution in [1.82, 2.24) is 5.32 Å². The first-order chi connectivity index (χ1) is 22.4. The van der Waals surface area contributed by atoms with Gasteiger partial charge in [0.1, 0.15) is 5.75 Å². The number of carbonyl (C=O) groups excluding carboxylic acids is 1. The number of carboxylic acids is 1. The molecule has 7 nitrogen and oxygen atoms in total. The Balaban J connectivity index is 0.000000262. The SMILES string of the molecule is CC(C)OC(=O)OCOc1ccc2c(c1)[C@@]13CCCC[C@H]1[C@@H](C2)NCC3.CCCCCCCCCCCCCCCCCC(=O)O. The summed E-state index contributed by atoms with van der Waals surface area (Å²) in [5, 5.41) is 12.3. The van der Waals surface area contributed by atoms with E-state index in [1.165, 1.54) is 127 Å². The molecule has 1 saturated heterocycles. The summed E-state index contributed by atoms with van der Waals surface area (Å²) < 4.78 is 15.6. The van der Waals surface area contributed by atoms with Gasteiger partial charge >= 0.3 is 12.1 Å². The highest BCUT2D eigenvalue weighted by molar-refractivity contribution is 5.66. The minimum atomic E-state index is -0.690. The lowest BCUT2D eigenvalue weighted by Gasteiger charge is -2.56. The molecule has 1 aromatic rings. The standard InChI is InChI=1S/C21H29NO4.C18H36O2/c1-14(2)26-20(23)25-13-24-16-7-6-15-11-19-17-5-3-4-8-21(17,9-10-22-19)18(15)12-16;1-2-3-4-5-6-7-8-9-10-11-12-13-14-15-16-17-18(19)20/h6-7,12,14,17,19,22H,3-5,8-11,13H2,1-2H3;2-17H2,1H3,(H,19,20)/t17-,19+,21+;/m0./s1. The number of rotatable bonds is 20. The minimum absolute atomic E-state index is 0.120. The van der Waals surface area contributed by atoms with Gasteiger partial charge in [0.05, 0.1) is 6.10 Å². The number of hydrogen-bond acceptors (Lipinski definition) is 6. The van der Waals surface area contributed by atoms with E-state index < -0.39 is 12.1 Å². The molecule has 7 heteroatoms. The van der Waals surface area contributed by atoms with Gasteiger partial charge in [-0.1, -0.05) is 116 Å². The van der Waals surface area contributed by atoms with Crippen LogP contribution in [0.5, 0.6) is 5.75 Å². The van der Waals surface area contributed by atoms with Crippen LogP contribution < -0.4 is 10.1 Å². The monoisotopic (exact) mass is 643 g/mol. The Bertz CT molecular complexity index is 1010. The Kier molecular flexibility index (Phi) is 17.9. The second-order valence-corrected chi connectivity index (χ2v) is 14.3. The molecule has 3 atom stereocenters. The maximum Gasteiger partial charge on any atom is 0.511 e. The molecule has 2 fully saturated rings. The predicted molar refractivity (Wildman–Crippen MR) is 186 cm³/mol. The fourth-order valence-electron chi connectivity index (χ4n) is 8.01. The molecule has 2 aliphatic carbocycles. The summed E-state index contributed by atoms with van der Waals surface area (Å²) in [7, 11) is 0. The number of carbonyl (C=O) groups is 2. The predicted octanol–water partition coefficient (Wildman–Crippen LogP) is 10.3. The van der Waals surface area contributed by atoms with Gasteiger partial charge < -0.3 is 24.6 Å². The smallest absolute Gasteiger partial charge is 0.481 e. The maximum atomic E-state index is 11.5. The normalized spacial score (nSPS) is 21.4. The summed E-state index contributed by atoms with van der Waals surface area (Å²) in [5.41, 5.74) is 3.23. The van der Waals surface area contributed by atoms with Crippen LogP contribution in [0.2, 0.25) is 0 Å². The van der Waals surface area contributed by atoms with E-state index in [9.17, 15) is 9.59 Å². The Labute approximate surface area is 279 Å². The summed E-state index contributed by atoms with van der Waals surface area (Å²) in [6.07, 6.45) is 26.9. The van der Waals surface area contributed by atoms with Crippen LogP contribution in [-0.2, 0) is 26.1 Å². The lowest BCUT2D eigenvalue weighted by molar-refractivity contribution is -0.137. The van der Waals surface area contributed by atoms with Crippen molar-refractivity contribution < 1.29 is 28.9 Å². The van der Waals surface area contributed by atoms with E-state index >= 15 is 0 Å². The molecule has 4 rings (SSSR count). The summed E-state index contributed by atoms with van der Waals surface area (Å²) in [5.74, 6) is 0.862. The van der Waals surface area contributed by atoms with Gasteiger partial charge in [-0.15, -0.1) is 0 Å². The molecule has 0 amide bonds. The largest absolute Gasteiger partial charge is 0.511 e. The highest BCUT2D eigenvalue weighted by Gasteiger charge is 2.51. The van der Waals surface area contributed by atoms with Crippen LogP contribution in [0.4, 0.5) is 4.79 Å². The van der Waals surface area contributed by atoms with Crippen molar-refractivity contribution in [1.29, 1.82) is 0 Å². The first kappa shape index (κ1) is 38.2. The molecule has 2 N–H and O–H groups in total. The molecule has 262 valence electrons. The molecule has 1 aliphatic heterocycles. The fourth-order valence-corrected chi connectivity index (χ4v) is 8.01. The van der Waals surface area contributed by atoms with E-state index in [0.717, 1.165) is 37.5 Å². The molecule has 1 aromatic carbocycles. The molecule has 0 spiro atoms. The van der Waals surface area contributed by atoms with Gasteiger partial charge in [-0.3, -0.25) is 4.79 Å². The number of carboxylic acid groups (broad SMARTS) is 1. The average Bonchev–Trinajstić information content (AvgIpc) is 3.03. The zero-order valence-corrected chi connectivity index (χ0v) is 29.4. The summed E-state index contributed by atoms with van der Waals surface area (Å²) in [4.78, 5) is 21.8. The van der Waals surface area contributed by atoms with Gasteiger partial charge in [-0.25, -0.2) is 4.79 Å². The van der Waals surface area contributed by atoms with Crippen molar-refractivity contribution >= 4 is 12.1 Å². The number of nitrogens with one attached hydrogen (secondary N) is 1. The van der Waals surface area contributed by atoms with Crippen LogP contribution in [-0.4, -0.2) is 42.7 Å². The van der Waals surface area contributed by atoms with Crippen molar-refractivity contribution in [2.24, 2.45) is 5.92 Å². The quantitative estimate of drug-likeness (QED) is 0.0829. The van der Waals surface area contributed by atoms with Crippen LogP contribution in [0, 0.1) is 5.92 Å². The first-order valence-corrected chi connectivity index (χ1v) is 18.9. The topological polar surface area (TPSA) is 94.1 Å². The van der Waals surface area contributed by atoms with Gasteiger partial charge in [0.2, 0.25) is 6.79 Å². The van der Waals surface area contributed by atoms with Crippen molar-refractivity contribution in [3.8, 4) is 5.75 Å². The number of hydrogen-bond donors (Lipinski definition) is 2. The van der Waals surface area contributed by atoms with Gasteiger partial charge in [0.15, 0.2) is 0 Å². The van der Waals surface area contributed by atoms with E-state index in [0.29, 0.717) is 17.9 Å². The highest BCUT2D eigenvalue weighted by atomic mass is 16.8. The number of benzene rings is 1. The third kappa shape index (κ3) is 13.1. The number of piperidine rings is 1. The number of aliphatic carboxylic acids is 1. The van der Waals surface area contributed by atoms with Gasteiger partial charge in [0.25, 0.3) is 0 Å². The molecule has 1 saturated carbocycles. The summed E-state index contributed by atoms with van der Waals surface area (Å²) >= 11 is 0. The Hall–Kier alpha value is -2.28. The highest BCUT2D eigenvalue weighted by Crippen LogP contribution is 2.54. The molecular formula is C39H65NO6. The van der Waals surface area contributed by atoms with Crippen molar-refractivity contribution in [2.45, 2.75) is 180 Å². The van der Waals surface area contributed by atoms with Crippen LogP contribution in [0.25, 0.3) is 0 Å². The van der Waals surface area contributed by atoms with Crippen LogP contribution in [0.1, 0.15) is 167 Å². The number of fused-ring (bicyclic) bond motifs is 1.